The van der Waals surface area contributed by atoms with E-state index in [1.165, 1.54) is 23.1 Å². The highest BCUT2D eigenvalue weighted by Gasteiger charge is 2.37. The van der Waals surface area contributed by atoms with Gasteiger partial charge in [0, 0.05) is 30.8 Å². The predicted molar refractivity (Wildman–Crippen MR) is 81.8 cm³/mol. The van der Waals surface area contributed by atoms with Crippen LogP contribution < -0.4 is 4.90 Å². The molecule has 0 bridgehead atoms. The second-order valence-corrected chi connectivity index (χ2v) is 5.51. The van der Waals surface area contributed by atoms with Gasteiger partial charge in [-0.1, -0.05) is 0 Å². The molecule has 0 saturated carbocycles. The van der Waals surface area contributed by atoms with Gasteiger partial charge in [-0.15, -0.1) is 0 Å². The lowest BCUT2D eigenvalue weighted by Gasteiger charge is -2.32. The van der Waals surface area contributed by atoms with Crippen LogP contribution in [-0.2, 0) is 20.8 Å². The van der Waals surface area contributed by atoms with Crippen LogP contribution in [0.15, 0.2) is 18.2 Å². The standard InChI is InChI=1S/C15H16N2O7/c18-13(19)3-1-2-6-16-12-5-4-10(17(23)24)7-9(12)8-11(14(16)20)15(21)22/h4-5,7,11H,1-3,6,8H2,(H,18,19)(H,21,22). The van der Waals surface area contributed by atoms with E-state index in [0.717, 1.165) is 0 Å². The number of amides is 1. The van der Waals surface area contributed by atoms with Crippen LogP contribution in [0.2, 0.25) is 0 Å². The van der Waals surface area contributed by atoms with Crippen molar-refractivity contribution >= 4 is 29.2 Å². The first-order chi connectivity index (χ1) is 11.3. The van der Waals surface area contributed by atoms with Crippen molar-refractivity contribution in [1.29, 1.82) is 0 Å². The quantitative estimate of drug-likeness (QED) is 0.332. The largest absolute Gasteiger partial charge is 0.481 e. The summed E-state index contributed by atoms with van der Waals surface area (Å²) in [6.07, 6.45) is 0.592. The summed E-state index contributed by atoms with van der Waals surface area (Å²) in [5.41, 5.74) is 0.700. The maximum absolute atomic E-state index is 12.4. The predicted octanol–water partition coefficient (Wildman–Crippen LogP) is 1.44. The van der Waals surface area contributed by atoms with Gasteiger partial charge >= 0.3 is 11.9 Å². The Morgan fingerprint density at radius 1 is 1.29 bits per heavy atom. The Morgan fingerprint density at radius 3 is 2.58 bits per heavy atom. The molecule has 24 heavy (non-hydrogen) atoms. The molecule has 1 unspecified atom stereocenters. The van der Waals surface area contributed by atoms with E-state index in [1.54, 1.807) is 0 Å². The molecule has 9 heteroatoms. The Bertz CT molecular complexity index is 701. The van der Waals surface area contributed by atoms with Crippen LogP contribution in [0.4, 0.5) is 11.4 Å². The first-order valence-electron chi connectivity index (χ1n) is 7.34. The second-order valence-electron chi connectivity index (χ2n) is 5.51. The summed E-state index contributed by atoms with van der Waals surface area (Å²) in [5.74, 6) is -4.11. The lowest BCUT2D eigenvalue weighted by Crippen LogP contribution is -2.45. The highest BCUT2D eigenvalue weighted by Crippen LogP contribution is 2.33. The van der Waals surface area contributed by atoms with E-state index in [0.29, 0.717) is 24.1 Å². The molecule has 1 atom stereocenters. The van der Waals surface area contributed by atoms with Gasteiger partial charge in [0.05, 0.1) is 4.92 Å². The number of nitro groups is 1. The van der Waals surface area contributed by atoms with Gasteiger partial charge in [0.1, 0.15) is 5.92 Å². The third kappa shape index (κ3) is 3.67. The van der Waals surface area contributed by atoms with Crippen LogP contribution in [0.25, 0.3) is 0 Å². The van der Waals surface area contributed by atoms with Crippen molar-refractivity contribution in [2.75, 3.05) is 11.4 Å². The SMILES string of the molecule is O=C(O)CCCCN1C(=O)C(C(=O)O)Cc2cc([N+](=O)[O-])ccc21. The molecule has 0 aliphatic carbocycles. The molecular formula is C15H16N2O7. The number of aliphatic carboxylic acids is 2. The van der Waals surface area contributed by atoms with Crippen LogP contribution >= 0.6 is 0 Å². The van der Waals surface area contributed by atoms with E-state index in [2.05, 4.69) is 0 Å². The number of hydrogen-bond acceptors (Lipinski definition) is 5. The van der Waals surface area contributed by atoms with Crippen LogP contribution in [0, 0.1) is 16.0 Å². The third-order valence-electron chi connectivity index (χ3n) is 3.87. The Balaban J connectivity index is 2.27. The van der Waals surface area contributed by atoms with Crippen molar-refractivity contribution in [3.63, 3.8) is 0 Å². The molecule has 0 aromatic heterocycles. The maximum Gasteiger partial charge on any atom is 0.316 e. The maximum atomic E-state index is 12.4. The number of fused-ring (bicyclic) bond motifs is 1. The highest BCUT2D eigenvalue weighted by molar-refractivity contribution is 6.08. The molecule has 1 aromatic carbocycles. The number of nitrogens with zero attached hydrogens (tertiary/aromatic N) is 2. The van der Waals surface area contributed by atoms with Crippen LogP contribution in [0.5, 0.6) is 0 Å². The molecule has 1 aliphatic heterocycles. The number of benzene rings is 1. The van der Waals surface area contributed by atoms with Crippen molar-refractivity contribution < 1.29 is 29.5 Å². The van der Waals surface area contributed by atoms with Gasteiger partial charge < -0.3 is 15.1 Å². The van der Waals surface area contributed by atoms with Crippen LogP contribution in [0.3, 0.4) is 0 Å². The van der Waals surface area contributed by atoms with Gasteiger partial charge in [0.2, 0.25) is 5.91 Å². The van der Waals surface area contributed by atoms with E-state index in [9.17, 15) is 29.6 Å². The van der Waals surface area contributed by atoms with Crippen molar-refractivity contribution in [3.05, 3.63) is 33.9 Å². The number of carboxylic acid groups (broad SMARTS) is 2. The number of non-ortho nitro benzene ring substituents is 1. The van der Waals surface area contributed by atoms with E-state index in [-0.39, 0.29) is 25.1 Å². The Labute approximate surface area is 136 Å². The number of nitro benzene ring substituents is 1. The molecule has 1 heterocycles. The van der Waals surface area contributed by atoms with Crippen LogP contribution in [0.1, 0.15) is 24.8 Å². The number of carbonyl (C=O) groups excluding carboxylic acids is 1. The third-order valence-corrected chi connectivity index (χ3v) is 3.87. The van der Waals surface area contributed by atoms with E-state index < -0.39 is 28.7 Å². The first kappa shape index (κ1) is 17.4. The summed E-state index contributed by atoms with van der Waals surface area (Å²) in [6, 6.07) is 3.97. The molecule has 0 radical (unpaired) electrons. The van der Waals surface area contributed by atoms with Crippen molar-refractivity contribution in [2.45, 2.75) is 25.7 Å². The number of unbranched alkanes of at least 4 members (excludes halogenated alkanes) is 1. The number of anilines is 1. The summed E-state index contributed by atoms with van der Waals surface area (Å²) in [6.45, 7) is 0.167. The summed E-state index contributed by atoms with van der Waals surface area (Å²) < 4.78 is 0. The normalized spacial score (nSPS) is 16.6. The fraction of sp³-hybridized carbons (Fsp3) is 0.400. The molecule has 0 fully saturated rings. The minimum atomic E-state index is -1.29. The highest BCUT2D eigenvalue weighted by atomic mass is 16.6. The minimum Gasteiger partial charge on any atom is -0.481 e. The zero-order valence-electron chi connectivity index (χ0n) is 12.7. The average molecular weight is 336 g/mol. The minimum absolute atomic E-state index is 0.0441. The van der Waals surface area contributed by atoms with Gasteiger partial charge in [-0.2, -0.15) is 0 Å². The number of hydrogen-bond donors (Lipinski definition) is 2. The van der Waals surface area contributed by atoms with E-state index >= 15 is 0 Å². The summed E-state index contributed by atoms with van der Waals surface area (Å²) in [5, 5.41) is 28.7. The first-order valence-corrected chi connectivity index (χ1v) is 7.34. The smallest absolute Gasteiger partial charge is 0.316 e. The second kappa shape index (κ2) is 7.07. The van der Waals surface area contributed by atoms with E-state index in [1.807, 2.05) is 0 Å². The fourth-order valence-corrected chi connectivity index (χ4v) is 2.70. The van der Waals surface area contributed by atoms with Crippen molar-refractivity contribution in [1.82, 2.24) is 0 Å². The van der Waals surface area contributed by atoms with Gasteiger partial charge in [-0.25, -0.2) is 0 Å². The molecule has 128 valence electrons. The molecule has 1 aliphatic rings. The summed E-state index contributed by atoms with van der Waals surface area (Å²) in [4.78, 5) is 45.8. The Hall–Kier alpha value is -2.97. The van der Waals surface area contributed by atoms with Gasteiger partial charge in [-0.3, -0.25) is 24.5 Å². The Morgan fingerprint density at radius 2 is 2.00 bits per heavy atom. The molecular weight excluding hydrogens is 320 g/mol. The molecule has 1 aromatic rings. The average Bonchev–Trinajstić information content (AvgIpc) is 2.51. The fourth-order valence-electron chi connectivity index (χ4n) is 2.70. The molecule has 2 rings (SSSR count). The lowest BCUT2D eigenvalue weighted by atomic mass is 9.91. The summed E-state index contributed by atoms with van der Waals surface area (Å²) in [7, 11) is 0. The van der Waals surface area contributed by atoms with Gasteiger partial charge in [-0.05, 0) is 30.9 Å². The molecule has 0 spiro atoms. The van der Waals surface area contributed by atoms with E-state index in [4.69, 9.17) is 5.11 Å². The lowest BCUT2D eigenvalue weighted by molar-refractivity contribution is -0.384. The molecule has 1 amide bonds. The number of rotatable bonds is 7. The zero-order valence-corrected chi connectivity index (χ0v) is 12.7. The molecule has 0 saturated heterocycles. The van der Waals surface area contributed by atoms with Crippen LogP contribution in [-0.4, -0.2) is 39.5 Å². The van der Waals surface area contributed by atoms with Gasteiger partial charge in [0.15, 0.2) is 0 Å². The monoisotopic (exact) mass is 336 g/mol. The van der Waals surface area contributed by atoms with Crippen molar-refractivity contribution in [3.8, 4) is 0 Å². The van der Waals surface area contributed by atoms with Gasteiger partial charge in [0.25, 0.3) is 5.69 Å². The zero-order chi connectivity index (χ0) is 17.9. The Kier molecular flexibility index (Phi) is 5.12. The number of carboxylic acids is 2. The summed E-state index contributed by atoms with van der Waals surface area (Å²) >= 11 is 0. The van der Waals surface area contributed by atoms with Crippen molar-refractivity contribution in [2.24, 2.45) is 5.92 Å². The topological polar surface area (TPSA) is 138 Å². The molecule has 9 nitrogen and oxygen atoms in total. The molecule has 2 N–H and O–H groups in total. The number of carbonyl (C=O) groups is 3.